The van der Waals surface area contributed by atoms with E-state index in [0.29, 0.717) is 26.0 Å². The van der Waals surface area contributed by atoms with Gasteiger partial charge in [0, 0.05) is 38.4 Å². The van der Waals surface area contributed by atoms with Gasteiger partial charge in [-0.3, -0.25) is 14.4 Å². The van der Waals surface area contributed by atoms with Gasteiger partial charge in [-0.1, -0.05) is 30.3 Å². The minimum atomic E-state index is -1.17. The molecule has 10 nitrogen and oxygen atoms in total. The molecule has 0 aliphatic carbocycles. The van der Waals surface area contributed by atoms with Crippen LogP contribution in [0.2, 0.25) is 0 Å². The normalized spacial score (nSPS) is 20.7. The van der Waals surface area contributed by atoms with Crippen LogP contribution in [0.15, 0.2) is 46.3 Å². The maximum absolute atomic E-state index is 13.7. The third-order valence-corrected chi connectivity index (χ3v) is 7.10. The number of thiazole rings is 1. The lowest BCUT2D eigenvalue weighted by Crippen LogP contribution is -2.61. The molecule has 1 aromatic carbocycles. The zero-order chi connectivity index (χ0) is 25.9. The van der Waals surface area contributed by atoms with E-state index in [2.05, 4.69) is 15.4 Å². The Kier molecular flexibility index (Phi) is 7.53. The molecule has 2 aliphatic heterocycles. The van der Waals surface area contributed by atoms with E-state index in [4.69, 9.17) is 10.5 Å². The van der Waals surface area contributed by atoms with Crippen LogP contribution in [0, 0.1) is 5.41 Å². The van der Waals surface area contributed by atoms with Gasteiger partial charge >= 0.3 is 0 Å². The van der Waals surface area contributed by atoms with Crippen molar-refractivity contribution < 1.29 is 19.1 Å². The van der Waals surface area contributed by atoms with Crippen molar-refractivity contribution in [3.8, 4) is 0 Å². The Morgan fingerprint density at radius 2 is 2.06 bits per heavy atom. The van der Waals surface area contributed by atoms with Crippen LogP contribution in [-0.2, 0) is 32.1 Å². The Morgan fingerprint density at radius 1 is 1.31 bits per heavy atom. The molecule has 2 aliphatic rings. The van der Waals surface area contributed by atoms with Crippen molar-refractivity contribution in [2.75, 3.05) is 26.7 Å². The lowest BCUT2D eigenvalue weighted by Gasteiger charge is -2.40. The third kappa shape index (κ3) is 5.48. The van der Waals surface area contributed by atoms with Crippen LogP contribution in [0.1, 0.15) is 31.5 Å². The van der Waals surface area contributed by atoms with Gasteiger partial charge in [-0.25, -0.2) is 9.99 Å². The van der Waals surface area contributed by atoms with E-state index in [-0.39, 0.29) is 25.0 Å². The number of piperidine rings is 1. The number of nitrogens with two attached hydrogens (primary N) is 1. The summed E-state index contributed by atoms with van der Waals surface area (Å²) in [4.78, 5) is 45.7. The standard InChI is InChI=1S/C25H32N6O4S/c1-24(2,26)22(33)28-19(13-35-12-17-7-5-4-6-8-17)21(32)31-10-9-20-25(15-31,23(34)30(3)29-20)11-18-14-36-16-27-18/h4-8,14,16,19H,9-13,15,26H2,1-3H3,(H,28,33). The Labute approximate surface area is 214 Å². The summed E-state index contributed by atoms with van der Waals surface area (Å²) < 4.78 is 5.83. The van der Waals surface area contributed by atoms with Crippen LogP contribution >= 0.6 is 11.3 Å². The highest BCUT2D eigenvalue weighted by atomic mass is 32.1. The van der Waals surface area contributed by atoms with Crippen LogP contribution < -0.4 is 11.1 Å². The van der Waals surface area contributed by atoms with Crippen molar-refractivity contribution in [3.63, 3.8) is 0 Å². The first kappa shape index (κ1) is 25.9. The second-order valence-electron chi connectivity index (χ2n) is 9.87. The van der Waals surface area contributed by atoms with Crippen LogP contribution in [0.3, 0.4) is 0 Å². The summed E-state index contributed by atoms with van der Waals surface area (Å²) >= 11 is 1.46. The fraction of sp³-hybridized carbons (Fsp3) is 0.480. The number of fused-ring (bicyclic) bond motifs is 1. The average molecular weight is 513 g/mol. The molecule has 0 radical (unpaired) electrons. The van der Waals surface area contributed by atoms with E-state index in [1.54, 1.807) is 31.3 Å². The Balaban J connectivity index is 1.53. The van der Waals surface area contributed by atoms with Gasteiger partial charge in [-0.2, -0.15) is 5.10 Å². The molecule has 2 aromatic rings. The van der Waals surface area contributed by atoms with Crippen molar-refractivity contribution in [2.24, 2.45) is 16.3 Å². The topological polar surface area (TPSA) is 130 Å². The van der Waals surface area contributed by atoms with E-state index in [9.17, 15) is 14.4 Å². The minimum Gasteiger partial charge on any atom is -0.374 e. The lowest BCUT2D eigenvalue weighted by molar-refractivity contribution is -0.143. The molecule has 2 unspecified atom stereocenters. The molecule has 3 heterocycles. The zero-order valence-corrected chi connectivity index (χ0v) is 21.6. The molecule has 192 valence electrons. The number of ether oxygens (including phenoxy) is 1. The number of carbonyl (C=O) groups is 3. The molecule has 0 bridgehead atoms. The van der Waals surface area contributed by atoms with Gasteiger partial charge in [-0.15, -0.1) is 11.3 Å². The van der Waals surface area contributed by atoms with E-state index >= 15 is 0 Å². The second kappa shape index (κ2) is 10.5. The number of nitrogens with one attached hydrogen (secondary N) is 1. The molecule has 0 saturated carbocycles. The number of likely N-dealkylation sites (tertiary alicyclic amines) is 1. The monoisotopic (exact) mass is 512 g/mol. The predicted molar refractivity (Wildman–Crippen MR) is 136 cm³/mol. The van der Waals surface area contributed by atoms with Crippen molar-refractivity contribution in [2.45, 2.75) is 44.9 Å². The molecule has 36 heavy (non-hydrogen) atoms. The first-order chi connectivity index (χ1) is 17.1. The number of nitrogens with zero attached hydrogens (tertiary/aromatic N) is 4. The number of carbonyl (C=O) groups excluding carboxylic acids is 3. The number of hydrazone groups is 1. The summed E-state index contributed by atoms with van der Waals surface area (Å²) in [7, 11) is 1.63. The van der Waals surface area contributed by atoms with Crippen LogP contribution in [-0.4, -0.2) is 76.7 Å². The van der Waals surface area contributed by atoms with Crippen molar-refractivity contribution >= 4 is 34.8 Å². The van der Waals surface area contributed by atoms with E-state index in [1.165, 1.54) is 16.3 Å². The molecule has 1 aromatic heterocycles. The predicted octanol–water partition coefficient (Wildman–Crippen LogP) is 1.17. The SMILES string of the molecule is CN1N=C2CCN(C(=O)C(COCc3ccccc3)NC(=O)C(C)(C)N)CC2(Cc2cscn2)C1=O. The number of aromatic nitrogens is 1. The molecule has 1 fully saturated rings. The van der Waals surface area contributed by atoms with Gasteiger partial charge in [0.2, 0.25) is 11.8 Å². The van der Waals surface area contributed by atoms with Crippen LogP contribution in [0.4, 0.5) is 0 Å². The quantitative estimate of drug-likeness (QED) is 0.519. The average Bonchev–Trinajstić information content (AvgIpc) is 3.44. The Morgan fingerprint density at radius 3 is 2.72 bits per heavy atom. The van der Waals surface area contributed by atoms with Crippen molar-refractivity contribution in [1.82, 2.24) is 20.2 Å². The maximum Gasteiger partial charge on any atom is 0.256 e. The molecule has 2 atom stereocenters. The number of hydrogen-bond donors (Lipinski definition) is 2. The van der Waals surface area contributed by atoms with E-state index in [0.717, 1.165) is 17.0 Å². The maximum atomic E-state index is 13.7. The Bertz CT molecular complexity index is 1130. The molecule has 11 heteroatoms. The van der Waals surface area contributed by atoms with E-state index in [1.807, 2.05) is 35.7 Å². The van der Waals surface area contributed by atoms with Gasteiger partial charge in [0.05, 0.1) is 35.7 Å². The second-order valence-corrected chi connectivity index (χ2v) is 10.6. The molecule has 3 N–H and O–H groups in total. The molecular weight excluding hydrogens is 480 g/mol. The summed E-state index contributed by atoms with van der Waals surface area (Å²) in [5, 5.41) is 10.5. The Hall–Kier alpha value is -3.15. The van der Waals surface area contributed by atoms with E-state index < -0.39 is 22.9 Å². The van der Waals surface area contributed by atoms with Gasteiger partial charge in [0.15, 0.2) is 0 Å². The number of amides is 3. The minimum absolute atomic E-state index is 0.0278. The highest BCUT2D eigenvalue weighted by Crippen LogP contribution is 2.38. The van der Waals surface area contributed by atoms with Gasteiger partial charge in [-0.05, 0) is 19.4 Å². The van der Waals surface area contributed by atoms with Crippen LogP contribution in [0.25, 0.3) is 0 Å². The summed E-state index contributed by atoms with van der Waals surface area (Å²) in [5.74, 6) is -0.941. The molecular formula is C25H32N6O4S. The van der Waals surface area contributed by atoms with Gasteiger partial charge < -0.3 is 20.7 Å². The number of benzene rings is 1. The molecule has 4 rings (SSSR count). The fourth-order valence-electron chi connectivity index (χ4n) is 4.51. The van der Waals surface area contributed by atoms with Gasteiger partial charge in [0.25, 0.3) is 5.91 Å². The van der Waals surface area contributed by atoms with Crippen molar-refractivity contribution in [1.29, 1.82) is 0 Å². The first-order valence-corrected chi connectivity index (χ1v) is 12.8. The highest BCUT2D eigenvalue weighted by Gasteiger charge is 2.54. The molecule has 1 saturated heterocycles. The summed E-state index contributed by atoms with van der Waals surface area (Å²) in [6.45, 7) is 3.96. The smallest absolute Gasteiger partial charge is 0.256 e. The highest BCUT2D eigenvalue weighted by molar-refractivity contribution is 7.07. The number of rotatable bonds is 9. The zero-order valence-electron chi connectivity index (χ0n) is 20.8. The third-order valence-electron chi connectivity index (χ3n) is 6.47. The fourth-order valence-corrected chi connectivity index (χ4v) is 5.07. The molecule has 3 amide bonds. The van der Waals surface area contributed by atoms with Crippen LogP contribution in [0.5, 0.6) is 0 Å². The first-order valence-electron chi connectivity index (χ1n) is 11.8. The summed E-state index contributed by atoms with van der Waals surface area (Å²) in [6.07, 6.45) is 0.819. The summed E-state index contributed by atoms with van der Waals surface area (Å²) in [6, 6.07) is 8.63. The summed E-state index contributed by atoms with van der Waals surface area (Å²) in [5.41, 5.74) is 8.06. The molecule has 0 spiro atoms. The van der Waals surface area contributed by atoms with Crippen molar-refractivity contribution in [3.05, 3.63) is 52.5 Å². The number of hydrogen-bond acceptors (Lipinski definition) is 8. The van der Waals surface area contributed by atoms with Gasteiger partial charge in [0.1, 0.15) is 11.5 Å². The lowest BCUT2D eigenvalue weighted by atomic mass is 9.74. The largest absolute Gasteiger partial charge is 0.374 e.